The fourth-order valence-corrected chi connectivity index (χ4v) is 3.72. The summed E-state index contributed by atoms with van der Waals surface area (Å²) >= 11 is 1.74. The molecule has 0 unspecified atom stereocenters. The van der Waals surface area contributed by atoms with Gasteiger partial charge in [-0.2, -0.15) is 5.06 Å². The summed E-state index contributed by atoms with van der Waals surface area (Å²) in [5.41, 5.74) is 3.06. The van der Waals surface area contributed by atoms with Crippen LogP contribution in [-0.2, 0) is 0 Å². The molecule has 0 bridgehead atoms. The lowest BCUT2D eigenvalue weighted by molar-refractivity contribution is -0.0305. The van der Waals surface area contributed by atoms with Crippen molar-refractivity contribution in [3.05, 3.63) is 83.9 Å². The van der Waals surface area contributed by atoms with E-state index in [4.69, 9.17) is 4.99 Å². The van der Waals surface area contributed by atoms with Crippen molar-refractivity contribution in [1.82, 2.24) is 10.4 Å². The highest BCUT2D eigenvalue weighted by Crippen LogP contribution is 2.32. The van der Waals surface area contributed by atoms with Crippen molar-refractivity contribution in [2.75, 3.05) is 18.8 Å². The van der Waals surface area contributed by atoms with Gasteiger partial charge >= 0.3 is 6.03 Å². The van der Waals surface area contributed by atoms with E-state index < -0.39 is 6.03 Å². The molecule has 2 aromatic carbocycles. The predicted octanol–water partition coefficient (Wildman–Crippen LogP) is 3.86. The lowest BCUT2D eigenvalue weighted by Gasteiger charge is -2.11. The SMILES string of the molecule is C=CCNC(=O)N(O)CC#Cc1cccc(C2=N[C@H](c3ccccc3)CS2)c1. The van der Waals surface area contributed by atoms with Crippen LogP contribution in [0, 0.1) is 11.8 Å². The first-order chi connectivity index (χ1) is 13.7. The number of nitrogens with zero attached hydrogens (tertiary/aromatic N) is 2. The van der Waals surface area contributed by atoms with Crippen LogP contribution in [0.1, 0.15) is 22.7 Å². The molecule has 0 aliphatic carbocycles. The van der Waals surface area contributed by atoms with Gasteiger partial charge in [-0.1, -0.05) is 60.4 Å². The van der Waals surface area contributed by atoms with Crippen LogP contribution in [-0.4, -0.2) is 40.2 Å². The Morgan fingerprint density at radius 1 is 1.32 bits per heavy atom. The van der Waals surface area contributed by atoms with Gasteiger partial charge in [-0.15, -0.1) is 18.3 Å². The topological polar surface area (TPSA) is 64.9 Å². The van der Waals surface area contributed by atoms with Gasteiger partial charge in [0, 0.05) is 23.4 Å². The van der Waals surface area contributed by atoms with Crippen LogP contribution < -0.4 is 5.32 Å². The third kappa shape index (κ3) is 5.26. The third-order valence-electron chi connectivity index (χ3n) is 4.04. The lowest BCUT2D eigenvalue weighted by atomic mass is 10.1. The molecule has 1 atom stereocenters. The second-order valence-electron chi connectivity index (χ2n) is 6.09. The Morgan fingerprint density at radius 3 is 2.93 bits per heavy atom. The van der Waals surface area contributed by atoms with E-state index in [1.165, 1.54) is 11.6 Å². The van der Waals surface area contributed by atoms with Crippen molar-refractivity contribution in [2.24, 2.45) is 4.99 Å². The number of nitrogens with one attached hydrogen (secondary N) is 1. The van der Waals surface area contributed by atoms with E-state index in [0.717, 1.165) is 21.9 Å². The highest BCUT2D eigenvalue weighted by molar-refractivity contribution is 8.14. The smallest absolute Gasteiger partial charge is 0.333 e. The first-order valence-electron chi connectivity index (χ1n) is 8.87. The van der Waals surface area contributed by atoms with Crippen molar-refractivity contribution in [2.45, 2.75) is 6.04 Å². The largest absolute Gasteiger partial charge is 0.342 e. The molecule has 0 saturated heterocycles. The Hall–Kier alpha value is -3.01. The summed E-state index contributed by atoms with van der Waals surface area (Å²) in [5, 5.41) is 13.7. The number of aliphatic imine (C=N–C) groups is 1. The number of carbonyl (C=O) groups excluding carboxylic acids is 1. The molecule has 1 heterocycles. The molecule has 0 spiro atoms. The first kappa shape index (κ1) is 19.7. The van der Waals surface area contributed by atoms with Crippen LogP contribution in [0.3, 0.4) is 0 Å². The van der Waals surface area contributed by atoms with E-state index in [-0.39, 0.29) is 19.1 Å². The average Bonchev–Trinajstić information content (AvgIpc) is 3.23. The summed E-state index contributed by atoms with van der Waals surface area (Å²) < 4.78 is 0. The number of carbonyl (C=O) groups is 1. The van der Waals surface area contributed by atoms with Gasteiger partial charge in [0.15, 0.2) is 0 Å². The summed E-state index contributed by atoms with van der Waals surface area (Å²) in [6.45, 7) is 3.70. The second-order valence-corrected chi connectivity index (χ2v) is 7.10. The van der Waals surface area contributed by atoms with Crippen LogP contribution in [0.25, 0.3) is 0 Å². The number of thioether (sulfide) groups is 1. The van der Waals surface area contributed by atoms with E-state index in [2.05, 4.69) is 35.9 Å². The van der Waals surface area contributed by atoms with Gasteiger partial charge in [0.25, 0.3) is 0 Å². The van der Waals surface area contributed by atoms with Crippen molar-refractivity contribution in [3.8, 4) is 11.8 Å². The van der Waals surface area contributed by atoms with E-state index in [0.29, 0.717) is 5.06 Å². The van der Waals surface area contributed by atoms with Gasteiger partial charge in [0.05, 0.1) is 11.1 Å². The molecule has 0 saturated carbocycles. The quantitative estimate of drug-likeness (QED) is 0.352. The van der Waals surface area contributed by atoms with Crippen molar-refractivity contribution < 1.29 is 10.0 Å². The molecule has 142 valence electrons. The van der Waals surface area contributed by atoms with Crippen LogP contribution in [0.4, 0.5) is 4.79 Å². The lowest BCUT2D eigenvalue weighted by Crippen LogP contribution is -2.37. The Kier molecular flexibility index (Phi) is 6.90. The minimum absolute atomic E-state index is 0.0843. The van der Waals surface area contributed by atoms with Gasteiger partial charge in [0.1, 0.15) is 6.54 Å². The number of amides is 2. The highest BCUT2D eigenvalue weighted by Gasteiger charge is 2.20. The molecule has 0 radical (unpaired) electrons. The molecule has 2 aromatic rings. The standard InChI is InChI=1S/C22H21N3O2S/c1-2-13-23-22(26)25(27)14-7-9-17-8-6-12-19(15-17)21-24-20(16-28-21)18-10-4-3-5-11-18/h2-6,8,10-12,15,20,27H,1,13-14,16H2,(H,23,26)/t20-/m0/s1. The summed E-state index contributed by atoms with van der Waals surface area (Å²) in [4.78, 5) is 16.4. The fourth-order valence-electron chi connectivity index (χ4n) is 2.65. The van der Waals surface area contributed by atoms with E-state index >= 15 is 0 Å². The number of benzene rings is 2. The minimum Gasteiger partial charge on any atom is -0.333 e. The van der Waals surface area contributed by atoms with Gasteiger partial charge in [-0.25, -0.2) is 4.79 Å². The summed E-state index contributed by atoms with van der Waals surface area (Å²) in [7, 11) is 0. The minimum atomic E-state index is -0.605. The van der Waals surface area contributed by atoms with Crippen LogP contribution in [0.15, 0.2) is 72.2 Å². The number of hydroxylamine groups is 2. The van der Waals surface area contributed by atoms with Crippen LogP contribution >= 0.6 is 11.8 Å². The Bertz CT molecular complexity index is 932. The second kappa shape index (κ2) is 9.79. The molecule has 2 N–H and O–H groups in total. The maximum absolute atomic E-state index is 11.6. The molecule has 0 aromatic heterocycles. The Labute approximate surface area is 169 Å². The summed E-state index contributed by atoms with van der Waals surface area (Å²) in [6, 6.07) is 17.7. The van der Waals surface area contributed by atoms with Gasteiger partial charge < -0.3 is 5.32 Å². The number of rotatable bonds is 5. The summed E-state index contributed by atoms with van der Waals surface area (Å²) in [6.07, 6.45) is 1.54. The Balaban J connectivity index is 1.65. The normalized spacial score (nSPS) is 15.2. The molecular weight excluding hydrogens is 370 g/mol. The van der Waals surface area contributed by atoms with Gasteiger partial charge in [-0.05, 0) is 17.7 Å². The molecule has 28 heavy (non-hydrogen) atoms. The van der Waals surface area contributed by atoms with Gasteiger partial charge in [-0.3, -0.25) is 10.2 Å². The molecule has 1 aliphatic rings. The van der Waals surface area contributed by atoms with Crippen molar-refractivity contribution >= 4 is 22.8 Å². The average molecular weight is 391 g/mol. The predicted molar refractivity (Wildman–Crippen MR) is 114 cm³/mol. The van der Waals surface area contributed by atoms with Crippen molar-refractivity contribution in [3.63, 3.8) is 0 Å². The number of hydrogen-bond donors (Lipinski definition) is 2. The zero-order chi connectivity index (χ0) is 19.8. The zero-order valence-corrected chi connectivity index (χ0v) is 16.2. The highest BCUT2D eigenvalue weighted by atomic mass is 32.2. The molecule has 0 fully saturated rings. The third-order valence-corrected chi connectivity index (χ3v) is 5.14. The van der Waals surface area contributed by atoms with Crippen LogP contribution in [0.2, 0.25) is 0 Å². The summed E-state index contributed by atoms with van der Waals surface area (Å²) in [5.74, 6) is 6.71. The van der Waals surface area contributed by atoms with E-state index in [1.54, 1.807) is 11.8 Å². The van der Waals surface area contributed by atoms with Gasteiger partial charge in [0.2, 0.25) is 0 Å². The molecule has 5 nitrogen and oxygen atoms in total. The first-order valence-corrected chi connectivity index (χ1v) is 9.86. The fraction of sp³-hybridized carbons (Fsp3) is 0.182. The zero-order valence-electron chi connectivity index (χ0n) is 15.3. The van der Waals surface area contributed by atoms with Crippen molar-refractivity contribution in [1.29, 1.82) is 0 Å². The van der Waals surface area contributed by atoms with Crippen LogP contribution in [0.5, 0.6) is 0 Å². The number of hydrogen-bond acceptors (Lipinski definition) is 4. The monoisotopic (exact) mass is 391 g/mol. The van der Waals surface area contributed by atoms with E-state index in [1.807, 2.05) is 42.5 Å². The maximum atomic E-state index is 11.6. The Morgan fingerprint density at radius 2 is 2.14 bits per heavy atom. The molecule has 6 heteroatoms. The number of urea groups is 1. The molecule has 1 aliphatic heterocycles. The maximum Gasteiger partial charge on any atom is 0.342 e. The van der Waals surface area contributed by atoms with E-state index in [9.17, 15) is 10.0 Å². The molecular formula is C22H21N3O2S. The molecule has 3 rings (SSSR count). The molecule has 2 amide bonds.